The predicted octanol–water partition coefficient (Wildman–Crippen LogP) is 0.987. The molecule has 0 aliphatic carbocycles. The zero-order valence-corrected chi connectivity index (χ0v) is 6.39. The van der Waals surface area contributed by atoms with Gasteiger partial charge in [0.25, 0.3) is 0 Å². The van der Waals surface area contributed by atoms with Crippen molar-refractivity contribution < 1.29 is 0 Å². The normalized spacial score (nSPS) is 16.7. The molecule has 0 saturated carbocycles. The molecule has 2 heteroatoms. The average Bonchev–Trinajstić information content (AvgIpc) is 1.31. The van der Waals surface area contributed by atoms with Crippen molar-refractivity contribution in [1.29, 1.82) is 0 Å². The van der Waals surface area contributed by atoms with Crippen molar-refractivity contribution in [1.82, 2.24) is 0 Å². The van der Waals surface area contributed by atoms with Crippen LogP contribution in [0.2, 0.25) is 0 Å². The molecule has 0 aliphatic heterocycles. The Kier molecular flexibility index (Phi) is 2.22. The lowest BCUT2D eigenvalue weighted by atomic mass is 10.1. The van der Waals surface area contributed by atoms with E-state index in [0.29, 0.717) is 0 Å². The van der Waals surface area contributed by atoms with Gasteiger partial charge in [0.15, 0.2) is 0 Å². The summed E-state index contributed by atoms with van der Waals surface area (Å²) in [5.74, 6) is 0. The molecule has 0 radical (unpaired) electrons. The van der Waals surface area contributed by atoms with E-state index in [9.17, 15) is 0 Å². The molecule has 0 amide bonds. The predicted molar refractivity (Wildman–Crippen MR) is 37.4 cm³/mol. The first-order valence-corrected chi connectivity index (χ1v) is 3.07. The molecule has 0 aromatic carbocycles. The van der Waals surface area contributed by atoms with Crippen LogP contribution in [0.3, 0.4) is 0 Å². The Labute approximate surface area is 47.9 Å². The maximum atomic E-state index is 5.55. The van der Waals surface area contributed by atoms with Crippen LogP contribution in [0, 0.1) is 0 Å². The van der Waals surface area contributed by atoms with Crippen LogP contribution in [0.4, 0.5) is 0 Å². The van der Waals surface area contributed by atoms with Crippen LogP contribution < -0.4 is 5.73 Å². The number of hydrogen-bond donors (Lipinski definition) is 1. The molecule has 0 aromatic rings. The highest BCUT2D eigenvalue weighted by Gasteiger charge is 2.14. The molecular weight excluding hydrogens is 105 g/mol. The molecule has 2 unspecified atom stereocenters. The van der Waals surface area contributed by atoms with Gasteiger partial charge in [-0.15, -0.1) is 9.24 Å². The van der Waals surface area contributed by atoms with E-state index in [0.717, 1.165) is 0 Å². The summed E-state index contributed by atoms with van der Waals surface area (Å²) in [5, 5.41) is 0.194. The molecule has 0 aromatic heterocycles. The highest BCUT2D eigenvalue weighted by Crippen LogP contribution is 2.18. The van der Waals surface area contributed by atoms with E-state index in [1.54, 1.807) is 0 Å². The summed E-state index contributed by atoms with van der Waals surface area (Å²) in [6.07, 6.45) is 0. The van der Waals surface area contributed by atoms with Crippen molar-refractivity contribution in [2.45, 2.75) is 32.0 Å². The number of nitrogens with two attached hydrogens (primary N) is 1. The highest BCUT2D eigenvalue weighted by atomic mass is 31.0. The summed E-state index contributed by atoms with van der Waals surface area (Å²) in [7, 11) is 2.71. The summed E-state index contributed by atoms with van der Waals surface area (Å²) in [6.45, 7) is 6.21. The van der Waals surface area contributed by atoms with Gasteiger partial charge in [-0.25, -0.2) is 0 Å². The van der Waals surface area contributed by atoms with E-state index < -0.39 is 0 Å². The zero-order chi connectivity index (χ0) is 6.08. The van der Waals surface area contributed by atoms with Gasteiger partial charge in [0.1, 0.15) is 0 Å². The van der Waals surface area contributed by atoms with Crippen molar-refractivity contribution in [3.05, 3.63) is 0 Å². The quantitative estimate of drug-likeness (QED) is 0.512. The van der Waals surface area contributed by atoms with Crippen LogP contribution in [-0.2, 0) is 0 Å². The Hall–Kier alpha value is 0.390. The van der Waals surface area contributed by atoms with E-state index in [1.165, 1.54) is 0 Å². The minimum absolute atomic E-state index is 0.194. The molecular formula is C5H14NP. The van der Waals surface area contributed by atoms with E-state index in [-0.39, 0.29) is 11.2 Å². The van der Waals surface area contributed by atoms with Gasteiger partial charge in [-0.1, -0.05) is 13.8 Å². The van der Waals surface area contributed by atoms with Crippen LogP contribution in [0.25, 0.3) is 0 Å². The molecule has 0 bridgehead atoms. The van der Waals surface area contributed by atoms with E-state index in [1.807, 2.05) is 6.92 Å². The third-order valence-electron chi connectivity index (χ3n) is 1.17. The van der Waals surface area contributed by atoms with Crippen LogP contribution >= 0.6 is 9.24 Å². The SMILES string of the molecule is CC(N)C(C)(C)P. The average molecular weight is 119 g/mol. The summed E-state index contributed by atoms with van der Waals surface area (Å²) in [5.41, 5.74) is 5.55. The molecule has 0 saturated heterocycles. The first kappa shape index (κ1) is 7.39. The van der Waals surface area contributed by atoms with Crippen molar-refractivity contribution >= 4 is 9.24 Å². The highest BCUT2D eigenvalue weighted by molar-refractivity contribution is 7.19. The maximum absolute atomic E-state index is 5.55. The topological polar surface area (TPSA) is 26.0 Å². The van der Waals surface area contributed by atoms with Gasteiger partial charge in [-0.05, 0) is 12.1 Å². The minimum atomic E-state index is 0.194. The van der Waals surface area contributed by atoms with Gasteiger partial charge >= 0.3 is 0 Å². The standard InChI is InChI=1S/C5H14NP/c1-4(6)5(2,3)7/h4H,6-7H2,1-3H3. The van der Waals surface area contributed by atoms with Crippen molar-refractivity contribution in [2.24, 2.45) is 5.73 Å². The van der Waals surface area contributed by atoms with E-state index >= 15 is 0 Å². The van der Waals surface area contributed by atoms with Gasteiger partial charge in [0.2, 0.25) is 0 Å². The van der Waals surface area contributed by atoms with Crippen molar-refractivity contribution in [3.63, 3.8) is 0 Å². The van der Waals surface area contributed by atoms with Gasteiger partial charge in [-0.2, -0.15) is 0 Å². The molecule has 0 spiro atoms. The lowest BCUT2D eigenvalue weighted by Crippen LogP contribution is -2.34. The first-order valence-electron chi connectivity index (χ1n) is 2.49. The largest absolute Gasteiger partial charge is 0.327 e. The Balaban J connectivity index is 3.54. The van der Waals surface area contributed by atoms with Crippen LogP contribution in [-0.4, -0.2) is 11.2 Å². The molecule has 0 rings (SSSR count). The van der Waals surface area contributed by atoms with Crippen molar-refractivity contribution in [2.75, 3.05) is 0 Å². The van der Waals surface area contributed by atoms with Crippen LogP contribution in [0.15, 0.2) is 0 Å². The summed E-state index contributed by atoms with van der Waals surface area (Å²) in [6, 6.07) is 0.262. The van der Waals surface area contributed by atoms with Gasteiger partial charge in [-0.3, -0.25) is 0 Å². The second kappa shape index (κ2) is 2.11. The maximum Gasteiger partial charge on any atom is 0.00963 e. The number of rotatable bonds is 1. The monoisotopic (exact) mass is 119 g/mol. The van der Waals surface area contributed by atoms with Gasteiger partial charge in [0, 0.05) is 6.04 Å². The summed E-state index contributed by atoms with van der Waals surface area (Å²) in [4.78, 5) is 0. The third-order valence-corrected chi connectivity index (χ3v) is 1.70. The minimum Gasteiger partial charge on any atom is -0.327 e. The molecule has 1 nitrogen and oxygen atoms in total. The summed E-state index contributed by atoms with van der Waals surface area (Å²) < 4.78 is 0. The lowest BCUT2D eigenvalue weighted by molar-refractivity contribution is 0.577. The smallest absolute Gasteiger partial charge is 0.00963 e. The second-order valence-corrected chi connectivity index (χ2v) is 4.10. The zero-order valence-electron chi connectivity index (χ0n) is 5.23. The third kappa shape index (κ3) is 3.02. The molecule has 2 N–H and O–H groups in total. The van der Waals surface area contributed by atoms with E-state index in [4.69, 9.17) is 5.73 Å². The Bertz CT molecular complexity index is 53.6. The Morgan fingerprint density at radius 1 is 1.57 bits per heavy atom. The fraction of sp³-hybridized carbons (Fsp3) is 1.00. The first-order chi connectivity index (χ1) is 2.94. The fourth-order valence-electron chi connectivity index (χ4n) is 0. The Morgan fingerprint density at radius 2 is 1.71 bits per heavy atom. The molecule has 0 aliphatic rings. The fourth-order valence-corrected chi connectivity index (χ4v) is 0. The van der Waals surface area contributed by atoms with Crippen molar-refractivity contribution in [3.8, 4) is 0 Å². The molecule has 44 valence electrons. The lowest BCUT2D eigenvalue weighted by Gasteiger charge is -2.22. The van der Waals surface area contributed by atoms with Crippen LogP contribution in [0.5, 0.6) is 0 Å². The molecule has 0 heterocycles. The van der Waals surface area contributed by atoms with Gasteiger partial charge < -0.3 is 5.73 Å². The summed E-state index contributed by atoms with van der Waals surface area (Å²) >= 11 is 0. The molecule has 0 fully saturated rings. The number of hydrogen-bond acceptors (Lipinski definition) is 1. The van der Waals surface area contributed by atoms with Gasteiger partial charge in [0.05, 0.1) is 0 Å². The molecule has 2 atom stereocenters. The van der Waals surface area contributed by atoms with Crippen LogP contribution in [0.1, 0.15) is 20.8 Å². The Morgan fingerprint density at radius 3 is 1.71 bits per heavy atom. The van der Waals surface area contributed by atoms with E-state index in [2.05, 4.69) is 23.1 Å². The second-order valence-electron chi connectivity index (χ2n) is 2.61. The molecule has 7 heavy (non-hydrogen) atoms.